The zero-order valence-corrected chi connectivity index (χ0v) is 29.3. The monoisotopic (exact) mass is 599 g/mol. The highest BCUT2D eigenvalue weighted by Gasteiger charge is 2.47. The molecule has 246 valence electrons. The quantitative estimate of drug-likeness (QED) is 0.116. The van der Waals surface area contributed by atoms with Crippen molar-refractivity contribution in [3.63, 3.8) is 0 Å². The fourth-order valence-electron chi connectivity index (χ4n) is 6.31. The third-order valence-corrected chi connectivity index (χ3v) is 9.28. The number of unbranched alkanes of at least 4 members (excludes halogenated alkanes) is 15. The van der Waals surface area contributed by atoms with Gasteiger partial charge in [0.05, 0.1) is 0 Å². The molecule has 0 saturated carbocycles. The van der Waals surface area contributed by atoms with Crippen molar-refractivity contribution in [1.29, 1.82) is 0 Å². The number of urea groups is 1. The van der Waals surface area contributed by atoms with E-state index in [2.05, 4.69) is 65.9 Å². The van der Waals surface area contributed by atoms with Crippen LogP contribution in [0.2, 0.25) is 0 Å². The molecule has 5 heteroatoms. The van der Waals surface area contributed by atoms with Crippen LogP contribution in [0.5, 0.6) is 5.75 Å². The highest BCUT2D eigenvalue weighted by Crippen LogP contribution is 2.40. The summed E-state index contributed by atoms with van der Waals surface area (Å²) in [5.74, 6) is 0.259. The van der Waals surface area contributed by atoms with Gasteiger partial charge in [0, 0.05) is 6.54 Å². The summed E-state index contributed by atoms with van der Waals surface area (Å²) in [6, 6.07) is 3.89. The summed E-state index contributed by atoms with van der Waals surface area (Å²) in [6.45, 7) is 17.3. The second-order valence-corrected chi connectivity index (χ2v) is 15.6. The predicted molar refractivity (Wildman–Crippen MR) is 182 cm³/mol. The lowest BCUT2D eigenvalue weighted by Gasteiger charge is -2.29. The molecule has 0 aromatic heterocycles. The topological polar surface area (TPSA) is 69.6 Å². The molecule has 3 amide bonds. The van der Waals surface area contributed by atoms with Crippen molar-refractivity contribution in [2.24, 2.45) is 0 Å². The van der Waals surface area contributed by atoms with Crippen molar-refractivity contribution in [2.75, 3.05) is 6.54 Å². The maximum absolute atomic E-state index is 13.4. The smallest absolute Gasteiger partial charge is 0.325 e. The van der Waals surface area contributed by atoms with Crippen LogP contribution in [0.3, 0.4) is 0 Å². The summed E-state index contributed by atoms with van der Waals surface area (Å²) in [5, 5.41) is 14.0. The first kappa shape index (κ1) is 37.1. The molecule has 0 radical (unpaired) electrons. The lowest BCUT2D eigenvalue weighted by atomic mass is 9.77. The van der Waals surface area contributed by atoms with Crippen LogP contribution < -0.4 is 5.32 Å². The Bertz CT molecular complexity index is 968. The number of phenolic OH excluding ortho intramolecular Hbond substituents is 1. The van der Waals surface area contributed by atoms with Gasteiger partial charge >= 0.3 is 6.03 Å². The molecule has 2 rings (SSSR count). The van der Waals surface area contributed by atoms with Crippen molar-refractivity contribution >= 4 is 11.9 Å². The fourth-order valence-corrected chi connectivity index (χ4v) is 6.31. The second kappa shape index (κ2) is 17.4. The number of aromatic hydroxyl groups is 1. The lowest BCUT2D eigenvalue weighted by Crippen LogP contribution is -2.44. The molecule has 1 atom stereocenters. The van der Waals surface area contributed by atoms with Gasteiger partial charge in [-0.3, -0.25) is 9.69 Å². The van der Waals surface area contributed by atoms with Gasteiger partial charge < -0.3 is 10.4 Å². The second-order valence-electron chi connectivity index (χ2n) is 15.6. The van der Waals surface area contributed by atoms with E-state index < -0.39 is 5.54 Å². The number of aryl methyl sites for hydroxylation is 1. The first-order chi connectivity index (χ1) is 20.2. The Morgan fingerprint density at radius 3 is 1.49 bits per heavy atom. The zero-order valence-electron chi connectivity index (χ0n) is 29.3. The van der Waals surface area contributed by atoms with E-state index in [9.17, 15) is 14.7 Å². The van der Waals surface area contributed by atoms with E-state index in [1.165, 1.54) is 94.8 Å². The summed E-state index contributed by atoms with van der Waals surface area (Å²) in [5.41, 5.74) is 1.63. The van der Waals surface area contributed by atoms with Gasteiger partial charge in [-0.05, 0) is 53.7 Å². The van der Waals surface area contributed by atoms with Gasteiger partial charge in [0.15, 0.2) is 0 Å². The molecule has 5 nitrogen and oxygen atoms in total. The maximum atomic E-state index is 13.4. The van der Waals surface area contributed by atoms with Gasteiger partial charge in [-0.1, -0.05) is 157 Å². The Hall–Kier alpha value is -2.04. The third-order valence-electron chi connectivity index (χ3n) is 9.28. The first-order valence-electron chi connectivity index (χ1n) is 17.7. The zero-order chi connectivity index (χ0) is 32.1. The number of benzene rings is 1. The summed E-state index contributed by atoms with van der Waals surface area (Å²) in [7, 11) is 0. The van der Waals surface area contributed by atoms with Crippen molar-refractivity contribution in [3.05, 3.63) is 28.8 Å². The third kappa shape index (κ3) is 12.1. The number of carbonyl (C=O) groups is 2. The van der Waals surface area contributed by atoms with Gasteiger partial charge in [-0.2, -0.15) is 0 Å². The lowest BCUT2D eigenvalue weighted by molar-refractivity contribution is -0.131. The highest BCUT2D eigenvalue weighted by molar-refractivity contribution is 6.06. The number of imide groups is 1. The normalized spacial score (nSPS) is 17.6. The minimum atomic E-state index is -0.895. The van der Waals surface area contributed by atoms with Gasteiger partial charge in [0.25, 0.3) is 5.91 Å². The van der Waals surface area contributed by atoms with E-state index >= 15 is 0 Å². The van der Waals surface area contributed by atoms with Gasteiger partial charge in [-0.15, -0.1) is 0 Å². The fraction of sp³-hybridized carbons (Fsp3) is 0.789. The maximum Gasteiger partial charge on any atom is 0.325 e. The molecule has 1 aromatic carbocycles. The van der Waals surface area contributed by atoms with Gasteiger partial charge in [-0.25, -0.2) is 4.79 Å². The number of hydrogen-bond acceptors (Lipinski definition) is 3. The van der Waals surface area contributed by atoms with Crippen LogP contribution >= 0.6 is 0 Å². The van der Waals surface area contributed by atoms with Crippen LogP contribution in [0, 0.1) is 0 Å². The Morgan fingerprint density at radius 2 is 1.09 bits per heavy atom. The van der Waals surface area contributed by atoms with Crippen molar-refractivity contribution < 1.29 is 14.7 Å². The van der Waals surface area contributed by atoms with E-state index in [4.69, 9.17) is 0 Å². The number of hydrogen-bond donors (Lipinski definition) is 2. The van der Waals surface area contributed by atoms with Crippen LogP contribution in [-0.4, -0.2) is 34.0 Å². The number of phenols is 1. The molecule has 1 aliphatic heterocycles. The van der Waals surface area contributed by atoms with Gasteiger partial charge in [0.1, 0.15) is 11.3 Å². The Kier molecular flexibility index (Phi) is 15.1. The molecule has 0 bridgehead atoms. The average Bonchev–Trinajstić information content (AvgIpc) is 3.13. The van der Waals surface area contributed by atoms with Crippen molar-refractivity contribution in [1.82, 2.24) is 10.2 Å². The largest absolute Gasteiger partial charge is 0.507 e. The molecule has 1 aliphatic rings. The molecule has 1 fully saturated rings. The number of nitrogens with zero attached hydrogens (tertiary/aromatic N) is 1. The minimum Gasteiger partial charge on any atom is -0.507 e. The average molecular weight is 599 g/mol. The Labute approximate surface area is 265 Å². The SMILES string of the molecule is CCCCCCCCCCCCCCCCCCN1C(=O)NC(C)(CCc2cc(C(C)(C)C)c(O)c(C(C)(C)C)c2)C1=O. The number of carbonyl (C=O) groups excluding carboxylic acids is 2. The molecule has 0 aliphatic carbocycles. The summed E-state index contributed by atoms with van der Waals surface area (Å²) in [4.78, 5) is 27.6. The van der Waals surface area contributed by atoms with E-state index in [-0.39, 0.29) is 22.8 Å². The highest BCUT2D eigenvalue weighted by atomic mass is 16.3. The minimum absolute atomic E-state index is 0.107. The van der Waals surface area contributed by atoms with Crippen LogP contribution in [0.15, 0.2) is 12.1 Å². The predicted octanol–water partition coefficient (Wildman–Crippen LogP) is 10.5. The van der Waals surface area contributed by atoms with E-state index in [1.54, 1.807) is 0 Å². The molecule has 0 spiro atoms. The van der Waals surface area contributed by atoms with Crippen LogP contribution in [-0.2, 0) is 22.0 Å². The summed E-state index contributed by atoms with van der Waals surface area (Å²) >= 11 is 0. The van der Waals surface area contributed by atoms with Crippen LogP contribution in [0.25, 0.3) is 0 Å². The molecule has 2 N–H and O–H groups in total. The Morgan fingerprint density at radius 1 is 0.698 bits per heavy atom. The van der Waals surface area contributed by atoms with Crippen LogP contribution in [0.1, 0.15) is 181 Å². The van der Waals surface area contributed by atoms with E-state index in [0.717, 1.165) is 29.5 Å². The van der Waals surface area contributed by atoms with Crippen molar-refractivity contribution in [2.45, 2.75) is 187 Å². The molecular formula is C38H66N2O3. The standard InChI is InChI=1S/C38H66N2O3/c1-9-10-11-12-13-14-15-16-17-18-19-20-21-22-23-24-27-40-34(42)38(8,39-35(40)43)26-25-30-28-31(36(2,3)4)33(41)32(29-30)37(5,6)7/h28-29,41H,9-27H2,1-8H3,(H,39,43). The molecule has 1 saturated heterocycles. The number of amides is 3. The van der Waals surface area contributed by atoms with Gasteiger partial charge in [0.2, 0.25) is 0 Å². The number of rotatable bonds is 20. The molecule has 1 aromatic rings. The van der Waals surface area contributed by atoms with E-state index in [0.29, 0.717) is 25.1 Å². The van der Waals surface area contributed by atoms with Crippen molar-refractivity contribution in [3.8, 4) is 5.75 Å². The molecule has 1 unspecified atom stereocenters. The number of nitrogens with one attached hydrogen (secondary N) is 1. The summed E-state index contributed by atoms with van der Waals surface area (Å²) < 4.78 is 0. The first-order valence-corrected chi connectivity index (χ1v) is 17.7. The molecule has 1 heterocycles. The molecule has 43 heavy (non-hydrogen) atoms. The summed E-state index contributed by atoms with van der Waals surface area (Å²) in [6.07, 6.45) is 22.1. The molecular weight excluding hydrogens is 532 g/mol. The van der Waals surface area contributed by atoms with E-state index in [1.807, 2.05) is 6.92 Å². The van der Waals surface area contributed by atoms with Crippen LogP contribution in [0.4, 0.5) is 4.79 Å². The Balaban J connectivity index is 1.70.